The van der Waals surface area contributed by atoms with Crippen molar-refractivity contribution in [2.24, 2.45) is 29.1 Å². The number of hydrogen-bond donors (Lipinski definition) is 4. The summed E-state index contributed by atoms with van der Waals surface area (Å²) in [7, 11) is 0. The summed E-state index contributed by atoms with van der Waals surface area (Å²) in [5.74, 6) is -3.05. The normalized spacial score (nSPS) is 28.8. The molecular formula is C38H59N5O7. The molecule has 5 rings (SSSR count). The molecule has 4 saturated carbocycles. The van der Waals surface area contributed by atoms with E-state index in [0.29, 0.717) is 44.9 Å². The molecule has 5 amide bonds. The minimum absolute atomic E-state index is 0.0153. The van der Waals surface area contributed by atoms with Crippen molar-refractivity contribution in [2.45, 2.75) is 160 Å². The predicted octanol–water partition coefficient (Wildman–Crippen LogP) is 3.74. The van der Waals surface area contributed by atoms with Crippen LogP contribution in [-0.2, 0) is 28.8 Å². The number of nitrogens with one attached hydrogen (secondary N) is 4. The third-order valence-corrected chi connectivity index (χ3v) is 12.2. The molecule has 1 unspecified atom stereocenters. The van der Waals surface area contributed by atoms with E-state index in [1.54, 1.807) is 4.90 Å². The Bertz CT molecular complexity index is 1320. The topological polar surface area (TPSA) is 171 Å². The predicted molar refractivity (Wildman–Crippen MR) is 187 cm³/mol. The van der Waals surface area contributed by atoms with Gasteiger partial charge in [0.1, 0.15) is 12.1 Å². The molecule has 12 heteroatoms. The highest BCUT2D eigenvalue weighted by atomic mass is 16.2. The van der Waals surface area contributed by atoms with Gasteiger partial charge in [-0.2, -0.15) is 0 Å². The van der Waals surface area contributed by atoms with E-state index in [1.807, 2.05) is 27.7 Å². The maximum absolute atomic E-state index is 14.6. The fourth-order valence-corrected chi connectivity index (χ4v) is 9.52. The van der Waals surface area contributed by atoms with Crippen molar-refractivity contribution >= 4 is 41.6 Å². The van der Waals surface area contributed by atoms with Crippen LogP contribution in [0.3, 0.4) is 0 Å². The quantitative estimate of drug-likeness (QED) is 0.168. The summed E-state index contributed by atoms with van der Waals surface area (Å²) in [6.07, 6.45) is 13.0. The highest BCUT2D eigenvalue weighted by Gasteiger charge is 2.53. The van der Waals surface area contributed by atoms with Crippen LogP contribution in [0.5, 0.6) is 0 Å². The lowest BCUT2D eigenvalue weighted by atomic mass is 9.62. The van der Waals surface area contributed by atoms with Crippen LogP contribution in [0, 0.1) is 29.1 Å². The molecule has 0 aromatic rings. The third kappa shape index (κ3) is 8.41. The van der Waals surface area contributed by atoms with Crippen LogP contribution >= 0.6 is 0 Å². The second kappa shape index (κ2) is 15.9. The molecule has 1 aliphatic heterocycles. The second-order valence-electron chi connectivity index (χ2n) is 16.9. The summed E-state index contributed by atoms with van der Waals surface area (Å²) in [6, 6.07) is -3.23. The van der Waals surface area contributed by atoms with E-state index in [9.17, 15) is 33.6 Å². The standard InChI is InChI=1S/C38H59N5O7/c1-5-12-28(31(46)34(48)39-24-17-18-24)40-33(47)30-25-15-11-13-23(25)21-43(30)35(49)32(37(2,3)4)41-36(50)42-38(19-9-6-10-20-38)27-16-8-7-14-26(27)29(45)22-44/h22-28,30,32H,5-21H2,1-4H3,(H,39,48)(H,40,47)(H2,41,42,50)/t23-,25-,26?,27+,28-,30-,32+/m0/s1. The second-order valence-corrected chi connectivity index (χ2v) is 16.9. The van der Waals surface area contributed by atoms with Crippen molar-refractivity contribution in [3.63, 3.8) is 0 Å². The Morgan fingerprint density at radius 2 is 1.56 bits per heavy atom. The number of aldehydes is 1. The summed E-state index contributed by atoms with van der Waals surface area (Å²) < 4.78 is 0. The molecular weight excluding hydrogens is 638 g/mol. The Morgan fingerprint density at radius 3 is 2.20 bits per heavy atom. The van der Waals surface area contributed by atoms with E-state index in [1.165, 1.54) is 0 Å². The number of carbonyl (C=O) groups is 7. The largest absolute Gasteiger partial charge is 0.347 e. The van der Waals surface area contributed by atoms with Crippen molar-refractivity contribution in [3.05, 3.63) is 0 Å². The van der Waals surface area contributed by atoms with E-state index < -0.39 is 64.4 Å². The lowest BCUT2D eigenvalue weighted by Crippen LogP contribution is -2.64. The molecule has 12 nitrogen and oxygen atoms in total. The first-order valence-corrected chi connectivity index (χ1v) is 19.3. The zero-order valence-corrected chi connectivity index (χ0v) is 30.5. The number of nitrogens with zero attached hydrogens (tertiary/aromatic N) is 1. The van der Waals surface area contributed by atoms with Crippen LogP contribution in [-0.4, -0.2) is 82.8 Å². The summed E-state index contributed by atoms with van der Waals surface area (Å²) in [6.45, 7) is 7.92. The van der Waals surface area contributed by atoms with Crippen molar-refractivity contribution in [1.82, 2.24) is 26.2 Å². The zero-order chi connectivity index (χ0) is 36.2. The van der Waals surface area contributed by atoms with Crippen LogP contribution < -0.4 is 21.3 Å². The molecule has 50 heavy (non-hydrogen) atoms. The third-order valence-electron chi connectivity index (χ3n) is 12.2. The average Bonchev–Trinajstić information content (AvgIpc) is 3.66. The summed E-state index contributed by atoms with van der Waals surface area (Å²) >= 11 is 0. The maximum Gasteiger partial charge on any atom is 0.315 e. The molecule has 0 bridgehead atoms. The number of carbonyl (C=O) groups excluding carboxylic acids is 7. The first kappa shape index (κ1) is 37.9. The molecule has 278 valence electrons. The number of urea groups is 1. The van der Waals surface area contributed by atoms with Crippen LogP contribution in [0.25, 0.3) is 0 Å². The Labute approximate surface area is 296 Å². The van der Waals surface area contributed by atoms with E-state index in [0.717, 1.165) is 70.6 Å². The number of Topliss-reactive ketones (excluding diaryl/α,β-unsaturated/α-hetero) is 2. The average molecular weight is 698 g/mol. The first-order chi connectivity index (χ1) is 23.8. The van der Waals surface area contributed by atoms with Gasteiger partial charge in [-0.1, -0.05) is 72.6 Å². The molecule has 4 aliphatic carbocycles. The molecule has 7 atom stereocenters. The van der Waals surface area contributed by atoms with Gasteiger partial charge in [-0.05, 0) is 81.0 Å². The Hall–Kier alpha value is -3.31. The van der Waals surface area contributed by atoms with Gasteiger partial charge in [-0.15, -0.1) is 0 Å². The van der Waals surface area contributed by atoms with E-state index >= 15 is 0 Å². The fourth-order valence-electron chi connectivity index (χ4n) is 9.52. The van der Waals surface area contributed by atoms with Crippen LogP contribution in [0.4, 0.5) is 4.79 Å². The number of rotatable bonds is 13. The van der Waals surface area contributed by atoms with Gasteiger partial charge in [0.05, 0.1) is 6.04 Å². The van der Waals surface area contributed by atoms with E-state index in [2.05, 4.69) is 21.3 Å². The number of likely N-dealkylation sites (tertiary alicyclic amines) is 1. The molecule has 5 aliphatic rings. The molecule has 1 saturated heterocycles. The van der Waals surface area contributed by atoms with Gasteiger partial charge >= 0.3 is 6.03 Å². The number of ketones is 2. The molecule has 0 aromatic heterocycles. The van der Waals surface area contributed by atoms with Crippen LogP contribution in [0.1, 0.15) is 130 Å². The fraction of sp³-hybridized carbons (Fsp3) is 0.816. The van der Waals surface area contributed by atoms with Gasteiger partial charge < -0.3 is 26.2 Å². The summed E-state index contributed by atoms with van der Waals surface area (Å²) in [5.41, 5.74) is -1.37. The molecule has 0 spiro atoms. The van der Waals surface area contributed by atoms with Crippen molar-refractivity contribution < 1.29 is 33.6 Å². The van der Waals surface area contributed by atoms with Crippen molar-refractivity contribution in [2.75, 3.05) is 6.54 Å². The van der Waals surface area contributed by atoms with Gasteiger partial charge in [-0.3, -0.25) is 28.8 Å². The van der Waals surface area contributed by atoms with Gasteiger partial charge in [0, 0.05) is 24.0 Å². The molecule has 5 fully saturated rings. The molecule has 1 heterocycles. The smallest absolute Gasteiger partial charge is 0.315 e. The Balaban J connectivity index is 1.34. The van der Waals surface area contributed by atoms with Crippen molar-refractivity contribution in [3.8, 4) is 0 Å². The SMILES string of the molecule is CCC[C@H](NC(=O)[C@@H]1[C@H]2CCC[C@H]2CN1C(=O)[C@@H](NC(=O)NC1([C@@H]2CCCCC2C(=O)C=O)CCCCC1)C(C)(C)C)C(=O)C(=O)NC1CC1. The van der Waals surface area contributed by atoms with E-state index in [-0.39, 0.29) is 29.7 Å². The minimum Gasteiger partial charge on any atom is -0.347 e. The number of hydrogen-bond acceptors (Lipinski definition) is 7. The minimum atomic E-state index is -0.979. The first-order valence-electron chi connectivity index (χ1n) is 19.3. The van der Waals surface area contributed by atoms with Gasteiger partial charge in [0.25, 0.3) is 5.91 Å². The van der Waals surface area contributed by atoms with E-state index in [4.69, 9.17) is 0 Å². The Kier molecular flexibility index (Phi) is 12.1. The summed E-state index contributed by atoms with van der Waals surface area (Å²) in [5, 5.41) is 11.9. The lowest BCUT2D eigenvalue weighted by molar-refractivity contribution is -0.144. The van der Waals surface area contributed by atoms with Crippen molar-refractivity contribution in [1.29, 1.82) is 0 Å². The van der Waals surface area contributed by atoms with Gasteiger partial charge in [0.2, 0.25) is 17.6 Å². The zero-order valence-electron chi connectivity index (χ0n) is 30.5. The Morgan fingerprint density at radius 1 is 0.860 bits per heavy atom. The molecule has 0 aromatic carbocycles. The highest BCUT2D eigenvalue weighted by molar-refractivity contribution is 6.38. The summed E-state index contributed by atoms with van der Waals surface area (Å²) in [4.78, 5) is 94.5. The highest BCUT2D eigenvalue weighted by Crippen LogP contribution is 2.46. The maximum atomic E-state index is 14.6. The van der Waals surface area contributed by atoms with Crippen LogP contribution in [0.15, 0.2) is 0 Å². The number of fused-ring (bicyclic) bond motifs is 1. The molecule has 4 N–H and O–H groups in total. The van der Waals surface area contributed by atoms with Crippen LogP contribution in [0.2, 0.25) is 0 Å². The van der Waals surface area contributed by atoms with Gasteiger partial charge in [-0.25, -0.2) is 4.79 Å². The number of amides is 5. The monoisotopic (exact) mass is 697 g/mol. The molecule has 0 radical (unpaired) electrons. The van der Waals surface area contributed by atoms with Gasteiger partial charge in [0.15, 0.2) is 12.1 Å². The lowest BCUT2D eigenvalue weighted by Gasteiger charge is -2.48.